The lowest BCUT2D eigenvalue weighted by Crippen LogP contribution is -2.13. The van der Waals surface area contributed by atoms with Gasteiger partial charge in [0.25, 0.3) is 0 Å². The fraction of sp³-hybridized carbons (Fsp3) is 0.182. The topological polar surface area (TPSA) is 80.9 Å². The molecule has 0 aliphatic heterocycles. The van der Waals surface area contributed by atoms with Crippen molar-refractivity contribution in [3.8, 4) is 0 Å². The van der Waals surface area contributed by atoms with E-state index in [1.54, 1.807) is 0 Å². The minimum absolute atomic E-state index is 0.311. The number of aliphatic hydroxyl groups excluding tert-OH is 1. The van der Waals surface area contributed by atoms with Crippen LogP contribution in [-0.4, -0.2) is 21.6 Å². The number of para-hydroxylation sites is 1. The summed E-state index contributed by atoms with van der Waals surface area (Å²) in [5, 5.41) is 12.8. The molecule has 5 heteroatoms. The second-order valence-corrected chi connectivity index (χ2v) is 3.46. The fourth-order valence-electron chi connectivity index (χ4n) is 1.41. The molecule has 1 aromatic heterocycles. The smallest absolute Gasteiger partial charge is 0.323 e. The SMILES string of the molecule is O=c1[nH]cc(C(O)CNc2ccccc2)[nH]1. The highest BCUT2D eigenvalue weighted by Crippen LogP contribution is 2.10. The van der Waals surface area contributed by atoms with Crippen molar-refractivity contribution in [1.29, 1.82) is 0 Å². The lowest BCUT2D eigenvalue weighted by atomic mass is 10.2. The highest BCUT2D eigenvalue weighted by molar-refractivity contribution is 5.42. The number of aromatic amines is 2. The van der Waals surface area contributed by atoms with Gasteiger partial charge in [0.15, 0.2) is 0 Å². The van der Waals surface area contributed by atoms with Crippen LogP contribution in [0, 0.1) is 0 Å². The Morgan fingerprint density at radius 1 is 1.31 bits per heavy atom. The van der Waals surface area contributed by atoms with E-state index in [2.05, 4.69) is 15.3 Å². The van der Waals surface area contributed by atoms with Crippen molar-refractivity contribution >= 4 is 5.69 Å². The molecule has 1 unspecified atom stereocenters. The van der Waals surface area contributed by atoms with E-state index >= 15 is 0 Å². The Balaban J connectivity index is 1.94. The van der Waals surface area contributed by atoms with Crippen LogP contribution in [0.1, 0.15) is 11.8 Å². The zero-order valence-electron chi connectivity index (χ0n) is 8.60. The summed E-state index contributed by atoms with van der Waals surface area (Å²) in [7, 11) is 0. The van der Waals surface area contributed by atoms with Crippen LogP contribution in [-0.2, 0) is 0 Å². The van der Waals surface area contributed by atoms with Crippen molar-refractivity contribution in [2.45, 2.75) is 6.10 Å². The molecule has 0 saturated carbocycles. The molecule has 2 rings (SSSR count). The molecule has 1 aromatic carbocycles. The summed E-state index contributed by atoms with van der Waals surface area (Å²) < 4.78 is 0. The third-order valence-corrected chi connectivity index (χ3v) is 2.25. The monoisotopic (exact) mass is 219 g/mol. The van der Waals surface area contributed by atoms with Gasteiger partial charge >= 0.3 is 5.69 Å². The van der Waals surface area contributed by atoms with Crippen LogP contribution in [0.15, 0.2) is 41.3 Å². The molecule has 0 saturated heterocycles. The molecule has 1 atom stereocenters. The zero-order valence-corrected chi connectivity index (χ0v) is 8.60. The number of benzene rings is 1. The normalized spacial score (nSPS) is 12.3. The summed E-state index contributed by atoms with van der Waals surface area (Å²) in [5.74, 6) is 0. The molecular weight excluding hydrogens is 206 g/mol. The molecule has 0 fully saturated rings. The number of rotatable bonds is 4. The van der Waals surface area contributed by atoms with Gasteiger partial charge in [0.05, 0.1) is 5.69 Å². The van der Waals surface area contributed by atoms with Crippen molar-refractivity contribution in [3.63, 3.8) is 0 Å². The molecule has 5 nitrogen and oxygen atoms in total. The molecule has 0 aliphatic carbocycles. The van der Waals surface area contributed by atoms with Gasteiger partial charge in [-0.15, -0.1) is 0 Å². The van der Waals surface area contributed by atoms with Crippen molar-refractivity contribution in [3.05, 3.63) is 52.7 Å². The average Bonchev–Trinajstić information content (AvgIpc) is 2.74. The van der Waals surface area contributed by atoms with Gasteiger partial charge in [-0.05, 0) is 12.1 Å². The van der Waals surface area contributed by atoms with Crippen molar-refractivity contribution < 1.29 is 5.11 Å². The first kappa shape index (κ1) is 10.5. The van der Waals surface area contributed by atoms with E-state index in [0.29, 0.717) is 12.2 Å². The number of hydrogen-bond donors (Lipinski definition) is 4. The predicted molar refractivity (Wildman–Crippen MR) is 61.3 cm³/mol. The minimum atomic E-state index is -0.737. The summed E-state index contributed by atoms with van der Waals surface area (Å²) in [4.78, 5) is 15.8. The van der Waals surface area contributed by atoms with Crippen LogP contribution < -0.4 is 11.0 Å². The number of anilines is 1. The maximum absolute atomic E-state index is 10.8. The number of aromatic nitrogens is 2. The Bertz CT molecular complexity index is 489. The number of H-pyrrole nitrogens is 2. The first-order valence-corrected chi connectivity index (χ1v) is 5.00. The Kier molecular flexibility index (Phi) is 3.07. The van der Waals surface area contributed by atoms with Gasteiger partial charge < -0.3 is 20.4 Å². The summed E-state index contributed by atoms with van der Waals surface area (Å²) in [6.45, 7) is 0.345. The Morgan fingerprint density at radius 2 is 2.06 bits per heavy atom. The first-order valence-electron chi connectivity index (χ1n) is 5.00. The van der Waals surface area contributed by atoms with Crippen LogP contribution in [0.4, 0.5) is 5.69 Å². The van der Waals surface area contributed by atoms with Gasteiger partial charge in [-0.1, -0.05) is 18.2 Å². The van der Waals surface area contributed by atoms with Crippen LogP contribution >= 0.6 is 0 Å². The van der Waals surface area contributed by atoms with Gasteiger partial charge in [0, 0.05) is 18.4 Å². The van der Waals surface area contributed by atoms with Gasteiger partial charge in [-0.2, -0.15) is 0 Å². The molecule has 1 heterocycles. The molecule has 0 bridgehead atoms. The first-order chi connectivity index (χ1) is 7.75. The van der Waals surface area contributed by atoms with Crippen molar-refractivity contribution in [2.75, 3.05) is 11.9 Å². The largest absolute Gasteiger partial charge is 0.385 e. The molecular formula is C11H13N3O2. The summed E-state index contributed by atoms with van der Waals surface area (Å²) in [5.41, 5.74) is 1.10. The molecule has 0 amide bonds. The van der Waals surface area contributed by atoms with Gasteiger partial charge in [0.2, 0.25) is 0 Å². The molecule has 0 radical (unpaired) electrons. The van der Waals surface area contributed by atoms with Crippen LogP contribution in [0.5, 0.6) is 0 Å². The van der Waals surface area contributed by atoms with Crippen LogP contribution in [0.25, 0.3) is 0 Å². The minimum Gasteiger partial charge on any atom is -0.385 e. The molecule has 0 aliphatic rings. The molecule has 4 N–H and O–H groups in total. The van der Waals surface area contributed by atoms with E-state index in [4.69, 9.17) is 0 Å². The van der Waals surface area contributed by atoms with Gasteiger partial charge in [0.1, 0.15) is 6.10 Å². The van der Waals surface area contributed by atoms with E-state index in [0.717, 1.165) is 5.69 Å². The van der Waals surface area contributed by atoms with Crippen LogP contribution in [0.2, 0.25) is 0 Å². The highest BCUT2D eigenvalue weighted by atomic mass is 16.3. The number of hydrogen-bond acceptors (Lipinski definition) is 3. The van der Waals surface area contributed by atoms with Crippen molar-refractivity contribution in [1.82, 2.24) is 9.97 Å². The van der Waals surface area contributed by atoms with E-state index in [-0.39, 0.29) is 5.69 Å². The molecule has 16 heavy (non-hydrogen) atoms. The van der Waals surface area contributed by atoms with Crippen LogP contribution in [0.3, 0.4) is 0 Å². The number of imidazole rings is 1. The number of aliphatic hydroxyl groups is 1. The molecule has 0 spiro atoms. The summed E-state index contributed by atoms with van der Waals surface area (Å²) in [6.07, 6.45) is 0.735. The third-order valence-electron chi connectivity index (χ3n) is 2.25. The Labute approximate surface area is 92.2 Å². The Hall–Kier alpha value is -2.01. The predicted octanol–water partition coefficient (Wildman–Crippen LogP) is 0.849. The molecule has 2 aromatic rings. The number of nitrogens with one attached hydrogen (secondary N) is 3. The summed E-state index contributed by atoms with van der Waals surface area (Å²) >= 11 is 0. The second kappa shape index (κ2) is 4.67. The lowest BCUT2D eigenvalue weighted by molar-refractivity contribution is 0.187. The van der Waals surface area contributed by atoms with E-state index in [1.165, 1.54) is 6.20 Å². The van der Waals surface area contributed by atoms with E-state index < -0.39 is 6.10 Å². The zero-order chi connectivity index (χ0) is 11.4. The highest BCUT2D eigenvalue weighted by Gasteiger charge is 2.08. The molecule has 84 valence electrons. The quantitative estimate of drug-likeness (QED) is 0.615. The Morgan fingerprint density at radius 3 is 2.69 bits per heavy atom. The van der Waals surface area contributed by atoms with E-state index in [9.17, 15) is 9.90 Å². The van der Waals surface area contributed by atoms with Gasteiger partial charge in [-0.3, -0.25) is 0 Å². The van der Waals surface area contributed by atoms with Crippen molar-refractivity contribution in [2.24, 2.45) is 0 Å². The third kappa shape index (κ3) is 2.52. The lowest BCUT2D eigenvalue weighted by Gasteiger charge is -2.10. The maximum atomic E-state index is 10.8. The van der Waals surface area contributed by atoms with Gasteiger partial charge in [-0.25, -0.2) is 4.79 Å². The fourth-order valence-corrected chi connectivity index (χ4v) is 1.41. The summed E-state index contributed by atoms with van der Waals surface area (Å²) in [6, 6.07) is 9.56. The van der Waals surface area contributed by atoms with E-state index in [1.807, 2.05) is 30.3 Å². The average molecular weight is 219 g/mol. The maximum Gasteiger partial charge on any atom is 0.323 e. The second-order valence-electron chi connectivity index (χ2n) is 3.46. The standard InChI is InChI=1S/C11H13N3O2/c15-10(9-6-13-11(16)14-9)7-12-8-4-2-1-3-5-8/h1-6,10,12,15H,7H2,(H2,13,14,16).